The molecule has 2 spiro atoms. The molecule has 2 saturated carbocycles. The maximum Gasteiger partial charge on any atom is 0.0975 e. The highest BCUT2D eigenvalue weighted by Crippen LogP contribution is 2.69. The number of likely N-dealkylation sites (tertiary alicyclic amines) is 1. The Kier molecular flexibility index (Phi) is 5.19. The van der Waals surface area contributed by atoms with Crippen molar-refractivity contribution in [3.63, 3.8) is 0 Å². The van der Waals surface area contributed by atoms with Crippen molar-refractivity contribution in [1.29, 1.82) is 0 Å². The van der Waals surface area contributed by atoms with Gasteiger partial charge in [-0.3, -0.25) is 9.88 Å². The number of hydrogen-bond acceptors (Lipinski definition) is 7. The Labute approximate surface area is 228 Å². The number of benzene rings is 1. The number of ether oxygens (including phenoxy) is 1. The average Bonchev–Trinajstić information content (AvgIpc) is 3.52. The molecule has 0 radical (unpaired) electrons. The predicted octanol–water partition coefficient (Wildman–Crippen LogP) is 2.82. The lowest BCUT2D eigenvalue weighted by Crippen LogP contribution is -2.58. The van der Waals surface area contributed by atoms with E-state index in [2.05, 4.69) is 47.2 Å². The molecule has 206 valence electrons. The van der Waals surface area contributed by atoms with E-state index in [1.165, 1.54) is 16.7 Å². The molecular formula is C32H38N2O5. The molecule has 8 rings (SSSR count). The van der Waals surface area contributed by atoms with Crippen molar-refractivity contribution >= 4 is 10.8 Å². The van der Waals surface area contributed by atoms with Crippen molar-refractivity contribution in [3.05, 3.63) is 65.5 Å². The van der Waals surface area contributed by atoms with Crippen molar-refractivity contribution in [2.24, 2.45) is 11.3 Å². The van der Waals surface area contributed by atoms with Crippen LogP contribution in [-0.2, 0) is 4.74 Å². The molecule has 3 aliphatic carbocycles. The summed E-state index contributed by atoms with van der Waals surface area (Å²) in [5.41, 5.74) is 2.59. The van der Waals surface area contributed by atoms with Crippen molar-refractivity contribution in [3.8, 4) is 0 Å². The number of rotatable bonds is 2. The van der Waals surface area contributed by atoms with Gasteiger partial charge in [0.25, 0.3) is 0 Å². The summed E-state index contributed by atoms with van der Waals surface area (Å²) in [5.74, 6) is 0.200. The molecule has 4 fully saturated rings. The van der Waals surface area contributed by atoms with Crippen molar-refractivity contribution in [2.45, 2.75) is 93.0 Å². The smallest absolute Gasteiger partial charge is 0.0975 e. The first-order valence-corrected chi connectivity index (χ1v) is 14.6. The van der Waals surface area contributed by atoms with E-state index in [1.54, 1.807) is 0 Å². The molecule has 0 amide bonds. The first-order chi connectivity index (χ1) is 18.7. The van der Waals surface area contributed by atoms with Gasteiger partial charge in [-0.05, 0) is 78.2 Å². The van der Waals surface area contributed by atoms with Crippen LogP contribution in [0.5, 0.6) is 0 Å². The molecule has 1 unspecified atom stereocenters. The molecule has 1 aromatic carbocycles. The molecule has 39 heavy (non-hydrogen) atoms. The second-order valence-electron chi connectivity index (χ2n) is 13.5. The quantitative estimate of drug-likeness (QED) is 0.473. The van der Waals surface area contributed by atoms with Crippen LogP contribution in [0.2, 0.25) is 0 Å². The van der Waals surface area contributed by atoms with E-state index in [4.69, 9.17) is 4.74 Å². The summed E-state index contributed by atoms with van der Waals surface area (Å²) in [7, 11) is 0. The Morgan fingerprint density at radius 2 is 1.79 bits per heavy atom. The van der Waals surface area contributed by atoms with Gasteiger partial charge >= 0.3 is 0 Å². The van der Waals surface area contributed by atoms with E-state index in [-0.39, 0.29) is 23.3 Å². The molecule has 7 nitrogen and oxygen atoms in total. The number of hydrogen-bond donors (Lipinski definition) is 4. The molecule has 7 heteroatoms. The lowest BCUT2D eigenvalue weighted by Gasteiger charge is -2.55. The Balaban J connectivity index is 1.15. The molecule has 2 saturated heterocycles. The standard InChI is InChI=1S/C32H38N2O5/c1-30-6-4-21-11-22-12-24(35)23(34-16-26(37)27(38)17-34)14-31(22)7-8-32(21,39-31)28(30)13-25(36)29(30)19-3-2-18-5-9-33-15-20(18)10-19/h2-5,9-11,15,23-29,35-38H,6-8,12-14,16-17H2,1H3/t23-,24-,25+,26-,27-,28+,29-,30-,31+,32?/m0/s1. The van der Waals surface area contributed by atoms with Crippen LogP contribution < -0.4 is 0 Å². The maximum absolute atomic E-state index is 11.6. The first kappa shape index (κ1) is 24.6. The summed E-state index contributed by atoms with van der Waals surface area (Å²) in [4.78, 5) is 6.38. The Bertz CT molecular complexity index is 1400. The molecule has 6 aliphatic rings. The first-order valence-electron chi connectivity index (χ1n) is 14.6. The minimum atomic E-state index is -0.773. The van der Waals surface area contributed by atoms with Gasteiger partial charge in [0.15, 0.2) is 0 Å². The number of allylic oxidation sites excluding steroid dienone is 1. The van der Waals surface area contributed by atoms with E-state index in [0.29, 0.717) is 32.4 Å². The highest BCUT2D eigenvalue weighted by molar-refractivity contribution is 5.82. The molecule has 3 aliphatic heterocycles. The van der Waals surface area contributed by atoms with Gasteiger partial charge in [0.2, 0.25) is 0 Å². The fourth-order valence-electron chi connectivity index (χ4n) is 9.71. The van der Waals surface area contributed by atoms with Gasteiger partial charge in [-0.1, -0.05) is 31.2 Å². The Hall–Kier alpha value is -2.13. The lowest BCUT2D eigenvalue weighted by atomic mass is 9.58. The topological polar surface area (TPSA) is 106 Å². The summed E-state index contributed by atoms with van der Waals surface area (Å²) in [5, 5.41) is 45.4. The highest BCUT2D eigenvalue weighted by atomic mass is 16.5. The fraction of sp³-hybridized carbons (Fsp3) is 0.594. The fourth-order valence-corrected chi connectivity index (χ4v) is 9.71. The van der Waals surface area contributed by atoms with Crippen LogP contribution in [0, 0.1) is 11.3 Å². The minimum Gasteiger partial charge on any atom is -0.392 e. The van der Waals surface area contributed by atoms with Gasteiger partial charge < -0.3 is 25.2 Å². The second-order valence-corrected chi connectivity index (χ2v) is 13.5. The number of aliphatic hydroxyl groups excluding tert-OH is 4. The van der Waals surface area contributed by atoms with E-state index >= 15 is 0 Å². The van der Waals surface area contributed by atoms with Crippen molar-refractivity contribution < 1.29 is 25.2 Å². The lowest BCUT2D eigenvalue weighted by molar-refractivity contribution is -0.150. The van der Waals surface area contributed by atoms with Crippen LogP contribution >= 0.6 is 0 Å². The van der Waals surface area contributed by atoms with Gasteiger partial charge in [0, 0.05) is 48.7 Å². The predicted molar refractivity (Wildman–Crippen MR) is 146 cm³/mol. The largest absolute Gasteiger partial charge is 0.392 e. The Morgan fingerprint density at radius 1 is 0.974 bits per heavy atom. The van der Waals surface area contributed by atoms with Gasteiger partial charge in [0.05, 0.1) is 35.6 Å². The monoisotopic (exact) mass is 530 g/mol. The van der Waals surface area contributed by atoms with Gasteiger partial charge in [-0.25, -0.2) is 0 Å². The highest BCUT2D eigenvalue weighted by Gasteiger charge is 2.68. The van der Waals surface area contributed by atoms with E-state index in [1.807, 2.05) is 18.5 Å². The number of nitrogens with zero attached hydrogens (tertiary/aromatic N) is 2. The van der Waals surface area contributed by atoms with Crippen LogP contribution in [0.1, 0.15) is 56.9 Å². The van der Waals surface area contributed by atoms with Gasteiger partial charge in [-0.2, -0.15) is 0 Å². The maximum atomic E-state index is 11.6. The molecular weight excluding hydrogens is 492 g/mol. The summed E-state index contributed by atoms with van der Waals surface area (Å²) in [6, 6.07) is 8.41. The number of β-amino-alcohol motifs (C(OH)–C–C–N with tert-alkyl or cyclic N) is 2. The summed E-state index contributed by atoms with van der Waals surface area (Å²) in [6.45, 7) is 3.11. The molecule has 2 bridgehead atoms. The molecule has 1 aromatic heterocycles. The molecule has 2 aromatic rings. The van der Waals surface area contributed by atoms with Crippen LogP contribution in [-0.4, -0.2) is 85.1 Å². The van der Waals surface area contributed by atoms with E-state index < -0.39 is 35.6 Å². The zero-order valence-corrected chi connectivity index (χ0v) is 22.4. The zero-order chi connectivity index (χ0) is 26.7. The third-order valence-corrected chi connectivity index (χ3v) is 11.6. The van der Waals surface area contributed by atoms with Crippen LogP contribution in [0.25, 0.3) is 10.8 Å². The van der Waals surface area contributed by atoms with Crippen molar-refractivity contribution in [1.82, 2.24) is 9.88 Å². The normalized spacial score (nSPS) is 46.9. The van der Waals surface area contributed by atoms with Crippen LogP contribution in [0.15, 0.2) is 60.0 Å². The molecule has 4 heterocycles. The summed E-state index contributed by atoms with van der Waals surface area (Å²) in [6.07, 6.45) is 10.5. The van der Waals surface area contributed by atoms with Gasteiger partial charge in [-0.15, -0.1) is 0 Å². The minimum absolute atomic E-state index is 0.0123. The number of aromatic nitrogens is 1. The van der Waals surface area contributed by atoms with Crippen molar-refractivity contribution in [2.75, 3.05) is 13.1 Å². The average molecular weight is 531 g/mol. The second kappa shape index (κ2) is 8.21. The van der Waals surface area contributed by atoms with Crippen LogP contribution in [0.4, 0.5) is 0 Å². The third kappa shape index (κ3) is 3.29. The summed E-state index contributed by atoms with van der Waals surface area (Å²) < 4.78 is 7.33. The van der Waals surface area contributed by atoms with Crippen LogP contribution in [0.3, 0.4) is 0 Å². The Morgan fingerprint density at radius 3 is 2.62 bits per heavy atom. The SMILES string of the molecule is C[C@]12CC=C3C=C4C[C@H](O)[C@@H](N5C[C@H](O)[C@@H](O)C5)C[C@]45CCC3(O5)[C@@H]1C[C@@H](O)[C@@H]2c1ccc2ccncc2c1. The summed E-state index contributed by atoms with van der Waals surface area (Å²) >= 11 is 0. The molecule has 4 N–H and O–H groups in total. The number of fused-ring (bicyclic) bond motifs is 2. The van der Waals surface area contributed by atoms with Gasteiger partial charge in [0.1, 0.15) is 0 Å². The third-order valence-electron chi connectivity index (χ3n) is 11.6. The molecule has 10 atom stereocenters. The van der Waals surface area contributed by atoms with E-state index in [9.17, 15) is 20.4 Å². The number of pyridine rings is 1. The zero-order valence-electron chi connectivity index (χ0n) is 22.4. The van der Waals surface area contributed by atoms with E-state index in [0.717, 1.165) is 30.0 Å². The number of aliphatic hydroxyl groups is 4.